The number of fused-ring (bicyclic) bond motifs is 1. The van der Waals surface area contributed by atoms with Gasteiger partial charge in [-0.25, -0.2) is 8.42 Å². The standard InChI is InChI=1S/C36H51NO2S/c1-26-19-15-13-11-9-7-6-8-10-12-14-16-21-33(26)32-24-31-20-17-18-22-34(31)35(25-32)37-40(38,39)36-29(4)27(2)23-28(3)30(36)5/h17-18,20,22-26,33,37H,6-16,19,21H2,1-5H3. The Balaban J connectivity index is 1.71. The molecular weight excluding hydrogens is 510 g/mol. The van der Waals surface area contributed by atoms with E-state index in [1.807, 2.05) is 39.8 Å². The van der Waals surface area contributed by atoms with Crippen LogP contribution in [0.1, 0.15) is 124 Å². The van der Waals surface area contributed by atoms with Gasteiger partial charge in [-0.1, -0.05) is 120 Å². The van der Waals surface area contributed by atoms with E-state index in [-0.39, 0.29) is 0 Å². The highest BCUT2D eigenvalue weighted by Gasteiger charge is 2.25. The highest BCUT2D eigenvalue weighted by molar-refractivity contribution is 7.92. The van der Waals surface area contributed by atoms with Crippen molar-refractivity contribution in [2.45, 2.75) is 129 Å². The van der Waals surface area contributed by atoms with E-state index in [0.29, 0.717) is 22.4 Å². The summed E-state index contributed by atoms with van der Waals surface area (Å²) in [5.41, 5.74) is 5.65. The fraction of sp³-hybridized carbons (Fsp3) is 0.556. The lowest BCUT2D eigenvalue weighted by molar-refractivity contribution is 0.379. The molecule has 1 fully saturated rings. The van der Waals surface area contributed by atoms with Crippen molar-refractivity contribution in [2.75, 3.05) is 4.72 Å². The first kappa shape index (κ1) is 30.6. The van der Waals surface area contributed by atoms with Gasteiger partial charge in [0.1, 0.15) is 0 Å². The van der Waals surface area contributed by atoms with Crippen molar-refractivity contribution in [3.05, 3.63) is 70.3 Å². The molecular formula is C36H51NO2S. The summed E-state index contributed by atoms with van der Waals surface area (Å²) in [6.45, 7) is 10.2. The first-order chi connectivity index (χ1) is 19.2. The number of hydrogen-bond donors (Lipinski definition) is 1. The number of aryl methyl sites for hydroxylation is 2. The van der Waals surface area contributed by atoms with Gasteiger partial charge in [-0.05, 0) is 85.2 Å². The molecule has 0 heterocycles. The van der Waals surface area contributed by atoms with Gasteiger partial charge < -0.3 is 0 Å². The number of rotatable bonds is 4. The fourth-order valence-electron chi connectivity index (χ4n) is 6.81. The number of anilines is 1. The third-order valence-corrected chi connectivity index (χ3v) is 11.1. The molecule has 1 aliphatic carbocycles. The molecule has 1 saturated carbocycles. The lowest BCUT2D eigenvalue weighted by Gasteiger charge is -2.26. The van der Waals surface area contributed by atoms with Crippen LogP contribution in [0.5, 0.6) is 0 Å². The second kappa shape index (κ2) is 14.0. The minimum atomic E-state index is -3.77. The van der Waals surface area contributed by atoms with Crippen molar-refractivity contribution >= 4 is 26.5 Å². The van der Waals surface area contributed by atoms with E-state index in [2.05, 4.69) is 42.0 Å². The van der Waals surface area contributed by atoms with E-state index < -0.39 is 10.0 Å². The van der Waals surface area contributed by atoms with Crippen molar-refractivity contribution in [3.8, 4) is 0 Å². The van der Waals surface area contributed by atoms with Gasteiger partial charge in [0.25, 0.3) is 10.0 Å². The number of sulfonamides is 1. The maximum atomic E-state index is 14.0. The molecule has 1 aliphatic rings. The van der Waals surface area contributed by atoms with Gasteiger partial charge in [-0.2, -0.15) is 0 Å². The molecule has 0 aromatic heterocycles. The van der Waals surface area contributed by atoms with E-state index in [4.69, 9.17) is 0 Å². The second-order valence-electron chi connectivity index (χ2n) is 12.5. The van der Waals surface area contributed by atoms with Crippen LogP contribution in [-0.2, 0) is 10.0 Å². The lowest BCUT2D eigenvalue weighted by atomic mass is 9.80. The summed E-state index contributed by atoms with van der Waals surface area (Å²) >= 11 is 0. The normalized spacial score (nSPS) is 20.5. The molecule has 4 heteroatoms. The molecule has 40 heavy (non-hydrogen) atoms. The van der Waals surface area contributed by atoms with Crippen LogP contribution >= 0.6 is 0 Å². The van der Waals surface area contributed by atoms with Crippen molar-refractivity contribution in [1.29, 1.82) is 0 Å². The van der Waals surface area contributed by atoms with Crippen molar-refractivity contribution in [3.63, 3.8) is 0 Å². The molecule has 0 spiro atoms. The van der Waals surface area contributed by atoms with E-state index in [9.17, 15) is 8.42 Å². The maximum Gasteiger partial charge on any atom is 0.262 e. The summed E-state index contributed by atoms with van der Waals surface area (Å²) in [6, 6.07) is 14.8. The van der Waals surface area contributed by atoms with Crippen molar-refractivity contribution < 1.29 is 8.42 Å². The minimum Gasteiger partial charge on any atom is -0.279 e. The van der Waals surface area contributed by atoms with Gasteiger partial charge in [0.05, 0.1) is 10.6 Å². The molecule has 3 aromatic carbocycles. The molecule has 0 bridgehead atoms. The average Bonchev–Trinajstić information content (AvgIpc) is 2.92. The van der Waals surface area contributed by atoms with Gasteiger partial charge in [0, 0.05) is 5.39 Å². The molecule has 0 amide bonds. The predicted octanol–water partition coefficient (Wildman–Crippen LogP) is 10.7. The molecule has 1 N–H and O–H groups in total. The van der Waals surface area contributed by atoms with Crippen LogP contribution in [0.4, 0.5) is 5.69 Å². The minimum absolute atomic E-state index is 0.418. The Morgan fingerprint density at radius 1 is 0.675 bits per heavy atom. The zero-order valence-electron chi connectivity index (χ0n) is 25.6. The van der Waals surface area contributed by atoms with Crippen LogP contribution < -0.4 is 4.72 Å². The molecule has 3 aromatic rings. The van der Waals surface area contributed by atoms with Gasteiger partial charge in [0.2, 0.25) is 0 Å². The predicted molar refractivity (Wildman–Crippen MR) is 172 cm³/mol. The Labute approximate surface area is 244 Å². The average molecular weight is 562 g/mol. The molecule has 2 atom stereocenters. The van der Waals surface area contributed by atoms with E-state index >= 15 is 0 Å². The zero-order valence-corrected chi connectivity index (χ0v) is 26.4. The SMILES string of the molecule is Cc1cc(C)c(C)c(S(=O)(=O)Nc2cc(C3CCCCCCCCCCCCCC3C)cc3ccccc23)c1C. The zero-order chi connectivity index (χ0) is 28.7. The van der Waals surface area contributed by atoms with E-state index in [1.165, 1.54) is 89.0 Å². The Kier molecular flexibility index (Phi) is 10.7. The molecule has 3 nitrogen and oxygen atoms in total. The summed E-state index contributed by atoms with van der Waals surface area (Å²) in [5.74, 6) is 1.00. The summed E-state index contributed by atoms with van der Waals surface area (Å²) in [6.07, 6.45) is 17.2. The third-order valence-electron chi connectivity index (χ3n) is 9.48. The fourth-order valence-corrected chi connectivity index (χ4v) is 8.50. The summed E-state index contributed by atoms with van der Waals surface area (Å²) < 4.78 is 31.0. The molecule has 0 saturated heterocycles. The Hall–Kier alpha value is -2.33. The molecule has 4 rings (SSSR count). The van der Waals surface area contributed by atoms with E-state index in [1.54, 1.807) is 0 Å². The van der Waals surface area contributed by atoms with Crippen LogP contribution in [0.2, 0.25) is 0 Å². The summed E-state index contributed by atoms with van der Waals surface area (Å²) in [4.78, 5) is 0.418. The highest BCUT2D eigenvalue weighted by Crippen LogP contribution is 2.39. The lowest BCUT2D eigenvalue weighted by Crippen LogP contribution is -2.18. The van der Waals surface area contributed by atoms with Crippen LogP contribution in [-0.4, -0.2) is 8.42 Å². The topological polar surface area (TPSA) is 46.2 Å². The number of nitrogens with one attached hydrogen (secondary N) is 1. The Morgan fingerprint density at radius 3 is 1.80 bits per heavy atom. The largest absolute Gasteiger partial charge is 0.279 e. The Bertz CT molecular complexity index is 1370. The van der Waals surface area contributed by atoms with Crippen LogP contribution in [0, 0.1) is 33.6 Å². The highest BCUT2D eigenvalue weighted by atomic mass is 32.2. The monoisotopic (exact) mass is 561 g/mol. The Morgan fingerprint density at radius 2 is 1.20 bits per heavy atom. The maximum absolute atomic E-state index is 14.0. The van der Waals surface area contributed by atoms with Crippen LogP contribution in [0.3, 0.4) is 0 Å². The van der Waals surface area contributed by atoms with Crippen molar-refractivity contribution in [1.82, 2.24) is 0 Å². The third kappa shape index (κ3) is 7.49. The molecule has 0 aliphatic heterocycles. The quantitative estimate of drug-likeness (QED) is 0.344. The first-order valence-corrected chi connectivity index (χ1v) is 17.3. The van der Waals surface area contributed by atoms with Crippen molar-refractivity contribution in [2.24, 2.45) is 5.92 Å². The van der Waals surface area contributed by atoms with Crippen LogP contribution in [0.15, 0.2) is 47.4 Å². The van der Waals surface area contributed by atoms with E-state index in [0.717, 1.165) is 33.0 Å². The molecule has 218 valence electrons. The van der Waals surface area contributed by atoms with Gasteiger partial charge in [-0.3, -0.25) is 4.72 Å². The molecule has 2 unspecified atom stereocenters. The number of hydrogen-bond acceptors (Lipinski definition) is 2. The summed E-state index contributed by atoms with van der Waals surface area (Å²) in [7, 11) is -3.77. The van der Waals surface area contributed by atoms with Gasteiger partial charge >= 0.3 is 0 Å². The first-order valence-electron chi connectivity index (χ1n) is 15.8. The smallest absolute Gasteiger partial charge is 0.262 e. The summed E-state index contributed by atoms with van der Waals surface area (Å²) in [5, 5.41) is 2.06. The van der Waals surface area contributed by atoms with Gasteiger partial charge in [0.15, 0.2) is 0 Å². The van der Waals surface area contributed by atoms with Gasteiger partial charge in [-0.15, -0.1) is 0 Å². The van der Waals surface area contributed by atoms with Crippen LogP contribution in [0.25, 0.3) is 10.8 Å². The molecule has 0 radical (unpaired) electrons. The second-order valence-corrected chi connectivity index (χ2v) is 14.2. The number of benzene rings is 3.